The Balaban J connectivity index is 0.000000148. The Hall–Kier alpha value is -14.9. The maximum Gasteiger partial charge on any atom is 1.00 e. The molecule has 116 heavy (non-hydrogen) atoms. The summed E-state index contributed by atoms with van der Waals surface area (Å²) in [5.74, 6) is 5.72. The Morgan fingerprint density at radius 2 is 0.526 bits per heavy atom. The number of aryl methyl sites for hydroxylation is 2. The van der Waals surface area contributed by atoms with Crippen LogP contribution in [-0.2, 0) is 14.1 Å². The van der Waals surface area contributed by atoms with Gasteiger partial charge in [0.15, 0.2) is 34.9 Å². The number of hydrogen-bond acceptors (Lipinski definition) is 10. The first-order valence-electron chi connectivity index (χ1n) is 38.2. The molecular weight excluding hydrogens is 1410 g/mol. The van der Waals surface area contributed by atoms with Crippen molar-refractivity contribution >= 4 is 65.3 Å². The molecule has 0 unspecified atom stereocenters. The van der Waals surface area contributed by atoms with Crippen LogP contribution in [-0.4, -0.2) is 54.0 Å². The predicted octanol–water partition coefficient (Wildman–Crippen LogP) is 21.3. The van der Waals surface area contributed by atoms with E-state index >= 15 is 0 Å². The molecule has 12 nitrogen and oxygen atoms in total. The first-order chi connectivity index (χ1) is 56.7. The molecule has 5 aromatic heterocycles. The molecule has 0 N–H and O–H groups in total. The van der Waals surface area contributed by atoms with Gasteiger partial charge < -0.3 is 14.2 Å². The number of nitrogens with zero attached hydrogens (tertiary/aromatic N) is 11. The minimum atomic E-state index is -0.0110. The minimum Gasteiger partial charge on any atom is -0.871 e. The quantitative estimate of drug-likeness (QED) is 0.0855. The third kappa shape index (κ3) is 14.5. The zero-order valence-electron chi connectivity index (χ0n) is 63.8. The van der Waals surface area contributed by atoms with Crippen molar-refractivity contribution in [3.8, 4) is 141 Å². The molecule has 0 bridgehead atoms. The van der Waals surface area contributed by atoms with E-state index < -0.39 is 0 Å². The second-order valence-corrected chi connectivity index (χ2v) is 28.3. The fourth-order valence-electron chi connectivity index (χ4n) is 15.3. The fraction of sp³-hybridized carbons (Fsp3) is 0.0194. The van der Waals surface area contributed by atoms with E-state index in [2.05, 4.69) is 247 Å². The molecule has 0 radical (unpaired) electrons. The fourth-order valence-corrected chi connectivity index (χ4v) is 15.3. The van der Waals surface area contributed by atoms with Crippen LogP contribution in [0.1, 0.15) is 0 Å². The van der Waals surface area contributed by atoms with E-state index in [-0.39, 0.29) is 24.6 Å². The van der Waals surface area contributed by atoms with Gasteiger partial charge in [-0.2, -0.15) is 0 Å². The summed E-state index contributed by atoms with van der Waals surface area (Å²) in [6.45, 7) is 0. The second-order valence-electron chi connectivity index (χ2n) is 28.3. The van der Waals surface area contributed by atoms with Crippen LogP contribution in [0.5, 0.6) is 5.75 Å². The van der Waals surface area contributed by atoms with Crippen LogP contribution in [0.3, 0.4) is 0 Å². The number of imidazole rings is 2. The van der Waals surface area contributed by atoms with Crippen molar-refractivity contribution < 1.29 is 24.0 Å². The standard InChI is InChI=1S/C56H36N6.C38H28N4.C9H7NO.Li/c1-5-17-39(18-6-1)51-57-52(40-19-7-2-8-20-40)60-55(59-51)43-33-29-37(30-34-43)49-47-27-15-13-25-45(47)46-26-14-16-28-48(46)50(49)38-31-35-44(36-32-38)56-61-53(41-21-9-3-10-22-41)58-54(62-56)42-23-11-4-12-24-42;1-41-35-9-5-3-7-33(35)39-37(41)28-17-11-25(12-18-28)30-21-15-27-16-22-31(24-32(27)23-30)26-13-19-29(20-14-26)38-40-34-8-4-6-10-36(34)42(38)2;11-8-5-1-3-7-4-2-6-10-9(7)8;/h1-36H;3-24H,1-2H3;1-6,11H;/q;;;+1/p-1. The molecule has 13 heteroatoms. The first kappa shape index (κ1) is 72.6. The van der Waals surface area contributed by atoms with Crippen molar-refractivity contribution in [2.24, 2.45) is 14.1 Å². The average Bonchev–Trinajstić information content (AvgIpc) is 0.871. The molecule has 0 aliphatic rings. The van der Waals surface area contributed by atoms with Crippen molar-refractivity contribution in [2.45, 2.75) is 0 Å². The molecule has 0 saturated carbocycles. The van der Waals surface area contributed by atoms with E-state index in [1.165, 1.54) is 60.6 Å². The van der Waals surface area contributed by atoms with Crippen LogP contribution < -0.4 is 24.0 Å². The van der Waals surface area contributed by atoms with Gasteiger partial charge in [-0.05, 0) is 125 Å². The van der Waals surface area contributed by atoms with Gasteiger partial charge in [0.1, 0.15) is 11.6 Å². The summed E-state index contributed by atoms with van der Waals surface area (Å²) in [7, 11) is 4.15. The summed E-state index contributed by atoms with van der Waals surface area (Å²) in [6.07, 6.45) is 1.63. The third-order valence-electron chi connectivity index (χ3n) is 21.2. The normalized spacial score (nSPS) is 11.2. The zero-order valence-corrected chi connectivity index (χ0v) is 63.8. The average molecular weight is 1480 g/mol. The van der Waals surface area contributed by atoms with Crippen LogP contribution in [0.2, 0.25) is 0 Å². The predicted molar refractivity (Wildman–Crippen MR) is 467 cm³/mol. The number of aromatic nitrogens is 11. The summed E-state index contributed by atoms with van der Waals surface area (Å²) in [5, 5.41) is 19.2. The maximum absolute atomic E-state index is 11.1. The van der Waals surface area contributed by atoms with Gasteiger partial charge in [-0.15, -0.1) is 0 Å². The van der Waals surface area contributed by atoms with Gasteiger partial charge in [-0.25, -0.2) is 39.9 Å². The molecule has 16 aromatic carbocycles. The minimum absolute atomic E-state index is 0. The van der Waals surface area contributed by atoms with E-state index in [4.69, 9.17) is 39.9 Å². The second kappa shape index (κ2) is 32.0. The topological polar surface area (TPSA) is 149 Å². The van der Waals surface area contributed by atoms with E-state index in [1.807, 2.05) is 152 Å². The van der Waals surface area contributed by atoms with Gasteiger partial charge in [0.25, 0.3) is 0 Å². The van der Waals surface area contributed by atoms with Gasteiger partial charge in [0, 0.05) is 64.8 Å². The third-order valence-corrected chi connectivity index (χ3v) is 21.2. The number of hydrogen-bond donors (Lipinski definition) is 0. The Labute approximate surface area is 682 Å². The summed E-state index contributed by atoms with van der Waals surface area (Å²) >= 11 is 0. The largest absolute Gasteiger partial charge is 1.00 e. The number of rotatable bonds is 12. The molecule has 21 aromatic rings. The summed E-state index contributed by atoms with van der Waals surface area (Å²) in [6, 6.07) is 131. The summed E-state index contributed by atoms with van der Waals surface area (Å²) in [5.41, 5.74) is 21.9. The van der Waals surface area contributed by atoms with E-state index in [9.17, 15) is 5.11 Å². The molecule has 0 aliphatic carbocycles. The van der Waals surface area contributed by atoms with E-state index in [0.717, 1.165) is 106 Å². The number of pyridine rings is 1. The molecule has 0 aliphatic heterocycles. The van der Waals surface area contributed by atoms with Crippen LogP contribution in [0.25, 0.3) is 201 Å². The molecule has 0 spiro atoms. The van der Waals surface area contributed by atoms with Crippen molar-refractivity contribution in [2.75, 3.05) is 0 Å². The summed E-state index contributed by atoms with van der Waals surface area (Å²) in [4.78, 5) is 43.5. The Bertz CT molecular complexity index is 6640. The van der Waals surface area contributed by atoms with Gasteiger partial charge in [-0.3, -0.25) is 4.98 Å². The summed E-state index contributed by atoms with van der Waals surface area (Å²) < 4.78 is 4.32. The zero-order chi connectivity index (χ0) is 77.1. The number of benzene rings is 16. The molecular formula is C103H70LiN11O. The SMILES string of the molecule is Cn1c(-c2ccc(-c3ccc4ccc(-c5ccc(-c6nc7ccccc7n6C)cc5)cc4c3)cc2)nc2ccccc21.[Li+].[O-]c1cccc2cccnc12.c1ccc(-c2nc(-c3ccccc3)nc(-c3ccc(-c4c(-c5ccc(-c6nc(-c7ccccc7)nc(-c7ccccc7)n6)cc5)c5ccccc5c5ccccc45)cc3)n2)cc1. The molecule has 5 heterocycles. The molecule has 21 rings (SSSR count). The Morgan fingerprint density at radius 1 is 0.224 bits per heavy atom. The van der Waals surface area contributed by atoms with Gasteiger partial charge in [-0.1, -0.05) is 345 Å². The monoisotopic (exact) mass is 1480 g/mol. The van der Waals surface area contributed by atoms with E-state index in [0.29, 0.717) is 40.5 Å². The van der Waals surface area contributed by atoms with Crippen molar-refractivity contribution in [3.63, 3.8) is 0 Å². The smallest absolute Gasteiger partial charge is 0.871 e. The molecule has 0 amide bonds. The first-order valence-corrected chi connectivity index (χ1v) is 38.2. The number of para-hydroxylation sites is 5. The molecule has 0 saturated heterocycles. The number of fused-ring (bicyclic) bond motifs is 7. The molecule has 544 valence electrons. The van der Waals surface area contributed by atoms with Gasteiger partial charge in [0.2, 0.25) is 0 Å². The van der Waals surface area contributed by atoms with Crippen molar-refractivity contribution in [3.05, 3.63) is 388 Å². The Kier molecular flexibility index (Phi) is 20.1. The Morgan fingerprint density at radius 3 is 0.897 bits per heavy atom. The van der Waals surface area contributed by atoms with Crippen LogP contribution in [0.4, 0.5) is 0 Å². The molecule has 0 fully saturated rings. The van der Waals surface area contributed by atoms with E-state index in [1.54, 1.807) is 12.3 Å². The van der Waals surface area contributed by atoms with Crippen LogP contribution >= 0.6 is 0 Å². The maximum atomic E-state index is 11.1. The van der Waals surface area contributed by atoms with Crippen molar-refractivity contribution in [1.82, 2.24) is 54.0 Å². The van der Waals surface area contributed by atoms with Crippen molar-refractivity contribution in [1.29, 1.82) is 0 Å². The van der Waals surface area contributed by atoms with Gasteiger partial charge in [0.05, 0.1) is 27.6 Å². The molecule has 0 atom stereocenters. The van der Waals surface area contributed by atoms with Crippen LogP contribution in [0.15, 0.2) is 388 Å². The van der Waals surface area contributed by atoms with Gasteiger partial charge >= 0.3 is 18.9 Å². The van der Waals surface area contributed by atoms with Crippen LogP contribution in [0, 0.1) is 0 Å².